The van der Waals surface area contributed by atoms with E-state index in [0.717, 1.165) is 23.2 Å². The molecule has 4 heteroatoms. The van der Waals surface area contributed by atoms with Crippen molar-refractivity contribution in [2.75, 3.05) is 0 Å². The third-order valence-corrected chi connectivity index (χ3v) is 4.11. The van der Waals surface area contributed by atoms with E-state index in [1.165, 1.54) is 5.56 Å². The highest BCUT2D eigenvalue weighted by atomic mass is 35.5. The van der Waals surface area contributed by atoms with Crippen LogP contribution in [0.4, 0.5) is 0 Å². The third kappa shape index (κ3) is 4.14. The molecule has 112 valence electrons. The van der Waals surface area contributed by atoms with Crippen molar-refractivity contribution in [3.63, 3.8) is 0 Å². The zero-order valence-electron chi connectivity index (χ0n) is 12.3. The van der Waals surface area contributed by atoms with Crippen molar-refractivity contribution >= 4 is 34.8 Å². The molecule has 1 nitrogen and oxygen atoms in total. The smallest absolute Gasteiger partial charge is 0.0514 e. The Bertz CT molecular complexity index is 627. The van der Waals surface area contributed by atoms with Gasteiger partial charge in [0.15, 0.2) is 0 Å². The lowest BCUT2D eigenvalue weighted by molar-refractivity contribution is 0.589. The molecule has 0 saturated carbocycles. The molecule has 0 spiro atoms. The fraction of sp³-hybridized carbons (Fsp3) is 0.294. The van der Waals surface area contributed by atoms with Crippen LogP contribution in [0, 0.1) is 6.92 Å². The SMILES string of the molecule is Cc1ccc(CNC(C)C)cc1-c1c(Cl)cc(Cl)cc1Cl. The summed E-state index contributed by atoms with van der Waals surface area (Å²) in [5, 5.41) is 5.10. The van der Waals surface area contributed by atoms with Crippen LogP contribution in [0.2, 0.25) is 15.1 Å². The van der Waals surface area contributed by atoms with E-state index in [1.807, 2.05) is 0 Å². The molecule has 1 N–H and O–H groups in total. The summed E-state index contributed by atoms with van der Waals surface area (Å²) in [5.74, 6) is 0. The highest BCUT2D eigenvalue weighted by Gasteiger charge is 2.13. The first kappa shape index (κ1) is 16.6. The average molecular weight is 343 g/mol. The Balaban J connectivity index is 2.46. The maximum absolute atomic E-state index is 6.34. The second-order valence-corrected chi connectivity index (χ2v) is 6.68. The standard InChI is InChI=1S/C17H18Cl3N/c1-10(2)21-9-12-5-4-11(3)14(6-12)17-15(19)7-13(18)8-16(17)20/h4-8,10,21H,9H2,1-3H3. The molecule has 0 amide bonds. The molecule has 2 aromatic carbocycles. The predicted octanol–water partition coefficient (Wildman–Crippen LogP) is 6.12. The lowest BCUT2D eigenvalue weighted by Crippen LogP contribution is -2.21. The molecule has 21 heavy (non-hydrogen) atoms. The van der Waals surface area contributed by atoms with Crippen molar-refractivity contribution in [2.24, 2.45) is 0 Å². The van der Waals surface area contributed by atoms with Crippen LogP contribution in [-0.4, -0.2) is 6.04 Å². The van der Waals surface area contributed by atoms with E-state index in [-0.39, 0.29) is 0 Å². The Morgan fingerprint density at radius 1 is 1.00 bits per heavy atom. The van der Waals surface area contributed by atoms with Crippen LogP contribution >= 0.6 is 34.8 Å². The lowest BCUT2D eigenvalue weighted by atomic mass is 9.98. The van der Waals surface area contributed by atoms with Crippen molar-refractivity contribution in [1.82, 2.24) is 5.32 Å². The predicted molar refractivity (Wildman–Crippen MR) is 93.6 cm³/mol. The number of hydrogen-bond acceptors (Lipinski definition) is 1. The molecule has 2 aromatic rings. The molecule has 0 unspecified atom stereocenters. The minimum atomic E-state index is 0.442. The summed E-state index contributed by atoms with van der Waals surface area (Å²) in [6, 6.07) is 10.2. The normalized spacial score (nSPS) is 11.2. The summed E-state index contributed by atoms with van der Waals surface area (Å²) in [6.45, 7) is 7.12. The van der Waals surface area contributed by atoms with Gasteiger partial charge in [0.2, 0.25) is 0 Å². The molecule has 0 aromatic heterocycles. The van der Waals surface area contributed by atoms with Crippen LogP contribution in [-0.2, 0) is 6.54 Å². The van der Waals surface area contributed by atoms with E-state index < -0.39 is 0 Å². The van der Waals surface area contributed by atoms with Gasteiger partial charge in [-0.05, 0) is 41.8 Å². The molecular weight excluding hydrogens is 325 g/mol. The minimum absolute atomic E-state index is 0.442. The van der Waals surface area contributed by atoms with Gasteiger partial charge >= 0.3 is 0 Å². The van der Waals surface area contributed by atoms with Crippen molar-refractivity contribution in [2.45, 2.75) is 33.4 Å². The highest BCUT2D eigenvalue weighted by molar-refractivity contribution is 6.41. The van der Waals surface area contributed by atoms with Crippen LogP contribution in [0.15, 0.2) is 30.3 Å². The number of nitrogens with one attached hydrogen (secondary N) is 1. The Labute approximate surface area is 141 Å². The van der Waals surface area contributed by atoms with Crippen LogP contribution in [0.1, 0.15) is 25.0 Å². The maximum Gasteiger partial charge on any atom is 0.0514 e. The summed E-state index contributed by atoms with van der Waals surface area (Å²) in [5.41, 5.74) is 4.22. The highest BCUT2D eigenvalue weighted by Crippen LogP contribution is 2.39. The zero-order chi connectivity index (χ0) is 15.6. The molecule has 0 aliphatic rings. The maximum atomic E-state index is 6.34. The van der Waals surface area contributed by atoms with Crippen LogP contribution in [0.3, 0.4) is 0 Å². The topological polar surface area (TPSA) is 12.0 Å². The van der Waals surface area contributed by atoms with E-state index in [2.05, 4.69) is 44.3 Å². The van der Waals surface area contributed by atoms with Gasteiger partial charge in [0.25, 0.3) is 0 Å². The van der Waals surface area contributed by atoms with Gasteiger partial charge in [0, 0.05) is 23.2 Å². The number of rotatable bonds is 4. The van der Waals surface area contributed by atoms with Gasteiger partial charge in [0.05, 0.1) is 10.0 Å². The fourth-order valence-electron chi connectivity index (χ4n) is 2.17. The minimum Gasteiger partial charge on any atom is -0.310 e. The van der Waals surface area contributed by atoms with Crippen LogP contribution < -0.4 is 5.32 Å². The van der Waals surface area contributed by atoms with E-state index in [0.29, 0.717) is 21.1 Å². The molecular formula is C17H18Cl3N. The average Bonchev–Trinajstić information content (AvgIpc) is 2.38. The first-order chi connectivity index (χ1) is 9.88. The van der Waals surface area contributed by atoms with Crippen LogP contribution in [0.5, 0.6) is 0 Å². The molecule has 0 fully saturated rings. The molecule has 0 atom stereocenters. The Kier molecular flexibility index (Phi) is 5.56. The summed E-state index contributed by atoms with van der Waals surface area (Å²) >= 11 is 18.7. The van der Waals surface area contributed by atoms with Crippen LogP contribution in [0.25, 0.3) is 11.1 Å². The third-order valence-electron chi connectivity index (χ3n) is 3.29. The Hall–Kier alpha value is -0.730. The van der Waals surface area contributed by atoms with E-state index in [9.17, 15) is 0 Å². The molecule has 0 bridgehead atoms. The van der Waals surface area contributed by atoms with Crippen molar-refractivity contribution in [3.8, 4) is 11.1 Å². The number of aryl methyl sites for hydroxylation is 1. The summed E-state index contributed by atoms with van der Waals surface area (Å²) < 4.78 is 0. The zero-order valence-corrected chi connectivity index (χ0v) is 14.6. The van der Waals surface area contributed by atoms with Gasteiger partial charge in [-0.2, -0.15) is 0 Å². The Morgan fingerprint density at radius 2 is 1.62 bits per heavy atom. The van der Waals surface area contributed by atoms with Gasteiger partial charge in [0.1, 0.15) is 0 Å². The van der Waals surface area contributed by atoms with Gasteiger partial charge < -0.3 is 5.32 Å². The van der Waals surface area contributed by atoms with Crippen molar-refractivity contribution < 1.29 is 0 Å². The number of hydrogen-bond donors (Lipinski definition) is 1. The largest absolute Gasteiger partial charge is 0.310 e. The summed E-state index contributed by atoms with van der Waals surface area (Å²) in [7, 11) is 0. The Morgan fingerprint density at radius 3 is 2.19 bits per heavy atom. The molecule has 0 heterocycles. The van der Waals surface area contributed by atoms with Gasteiger partial charge in [-0.25, -0.2) is 0 Å². The fourth-order valence-corrected chi connectivity index (χ4v) is 3.19. The van der Waals surface area contributed by atoms with E-state index >= 15 is 0 Å². The monoisotopic (exact) mass is 341 g/mol. The second kappa shape index (κ2) is 7.02. The quantitative estimate of drug-likeness (QED) is 0.705. The van der Waals surface area contributed by atoms with E-state index in [4.69, 9.17) is 34.8 Å². The summed E-state index contributed by atoms with van der Waals surface area (Å²) in [6.07, 6.45) is 0. The summed E-state index contributed by atoms with van der Waals surface area (Å²) in [4.78, 5) is 0. The molecule has 0 aliphatic carbocycles. The van der Waals surface area contributed by atoms with Crippen molar-refractivity contribution in [3.05, 3.63) is 56.5 Å². The molecule has 0 aliphatic heterocycles. The molecule has 0 radical (unpaired) electrons. The lowest BCUT2D eigenvalue weighted by Gasteiger charge is -2.14. The first-order valence-electron chi connectivity index (χ1n) is 6.86. The number of halogens is 3. The first-order valence-corrected chi connectivity index (χ1v) is 7.99. The second-order valence-electron chi connectivity index (χ2n) is 5.43. The van der Waals surface area contributed by atoms with E-state index in [1.54, 1.807) is 12.1 Å². The molecule has 2 rings (SSSR count). The van der Waals surface area contributed by atoms with Gasteiger partial charge in [-0.3, -0.25) is 0 Å². The van der Waals surface area contributed by atoms with Gasteiger partial charge in [-0.1, -0.05) is 60.8 Å². The van der Waals surface area contributed by atoms with Gasteiger partial charge in [-0.15, -0.1) is 0 Å². The van der Waals surface area contributed by atoms with Crippen molar-refractivity contribution in [1.29, 1.82) is 0 Å². The molecule has 0 saturated heterocycles. The number of benzene rings is 2.